The van der Waals surface area contributed by atoms with E-state index in [9.17, 15) is 5.11 Å². The molecule has 1 aliphatic heterocycles. The highest BCUT2D eigenvalue weighted by Crippen LogP contribution is 2.25. The van der Waals surface area contributed by atoms with Gasteiger partial charge in [-0.25, -0.2) is 0 Å². The second-order valence-electron chi connectivity index (χ2n) is 19.8. The molecule has 1 rings (SSSR count). The van der Waals surface area contributed by atoms with Gasteiger partial charge in [-0.15, -0.1) is 0 Å². The molecule has 2 atom stereocenters. The smallest absolute Gasteiger partial charge is 0.104 e. The van der Waals surface area contributed by atoms with Crippen LogP contribution >= 0.6 is 0 Å². The molecular weight excluding hydrogens is 661 g/mol. The first-order valence-electron chi connectivity index (χ1n) is 19.7. The van der Waals surface area contributed by atoms with Gasteiger partial charge in [-0.3, -0.25) is 4.90 Å². The van der Waals surface area contributed by atoms with Crippen molar-refractivity contribution in [2.75, 3.05) is 39.6 Å². The maximum atomic E-state index is 10.2. The lowest BCUT2D eigenvalue weighted by Gasteiger charge is -2.32. The molecule has 48 heavy (non-hydrogen) atoms. The lowest BCUT2D eigenvalue weighted by atomic mass is 10.2. The zero-order chi connectivity index (χ0) is 37.8. The maximum Gasteiger partial charge on any atom is 0.104 e. The molecule has 6 nitrogen and oxygen atoms in total. The Hall–Kier alpha value is 0.628. The number of rotatable bonds is 24. The molecule has 0 aromatic carbocycles. The molecule has 292 valence electrons. The van der Waals surface area contributed by atoms with E-state index in [-0.39, 0.29) is 6.10 Å². The van der Waals surface area contributed by atoms with E-state index in [1.165, 1.54) is 42.7 Å². The molecule has 0 radical (unpaired) electrons. The van der Waals surface area contributed by atoms with Crippen LogP contribution in [0.5, 0.6) is 0 Å². The van der Waals surface area contributed by atoms with Gasteiger partial charge < -0.3 is 24.6 Å². The minimum Gasteiger partial charge on any atom is -0.389 e. The first kappa shape index (κ1) is 50.7. The van der Waals surface area contributed by atoms with Crippen molar-refractivity contribution in [1.82, 2.24) is 10.2 Å². The highest BCUT2D eigenvalue weighted by molar-refractivity contribution is 6.82. The average Bonchev–Trinajstić information content (AvgIpc) is 3.72. The predicted molar refractivity (Wildman–Crippen MR) is 228 cm³/mol. The molecule has 0 amide bonds. The Kier molecular flexibility index (Phi) is 27.0. The van der Waals surface area contributed by atoms with Gasteiger partial charge in [0, 0.05) is 76.2 Å². The van der Waals surface area contributed by atoms with Crippen LogP contribution in [0.25, 0.3) is 0 Å². The van der Waals surface area contributed by atoms with Crippen LogP contribution in [0.1, 0.15) is 68.2 Å². The third-order valence-electron chi connectivity index (χ3n) is 8.82. The lowest BCUT2D eigenvalue weighted by Crippen LogP contribution is -2.43. The van der Waals surface area contributed by atoms with Gasteiger partial charge >= 0.3 is 0 Å². The van der Waals surface area contributed by atoms with E-state index in [0.717, 1.165) is 32.8 Å². The van der Waals surface area contributed by atoms with Gasteiger partial charge in [0.05, 0.1) is 25.9 Å². The molecule has 2 unspecified atom stereocenters. The molecule has 0 aliphatic carbocycles. The van der Waals surface area contributed by atoms with Crippen LogP contribution in [0.3, 0.4) is 0 Å². The Bertz CT molecular complexity index is 751. The Morgan fingerprint density at radius 1 is 0.646 bits per heavy atom. The van der Waals surface area contributed by atoms with Gasteiger partial charge in [0.1, 0.15) is 6.10 Å². The van der Waals surface area contributed by atoms with Gasteiger partial charge in [0.15, 0.2) is 0 Å². The summed E-state index contributed by atoms with van der Waals surface area (Å²) in [4.78, 5) is 2.32. The third-order valence-corrected chi connectivity index (χ3v) is 19.9. The van der Waals surface area contributed by atoms with E-state index in [1.54, 1.807) is 0 Å². The van der Waals surface area contributed by atoms with E-state index < -0.39 is 32.3 Å². The Balaban J connectivity index is 0. The van der Waals surface area contributed by atoms with Crippen molar-refractivity contribution in [2.45, 2.75) is 206 Å². The topological polar surface area (TPSA) is 66.5 Å². The van der Waals surface area contributed by atoms with Crippen molar-refractivity contribution >= 4 is 32.3 Å². The normalized spacial score (nSPS) is 16.4. The summed E-state index contributed by atoms with van der Waals surface area (Å²) < 4.78 is 16.5. The Labute approximate surface area is 306 Å². The third kappa shape index (κ3) is 36.4. The standard InChI is InChI=1S/C19H45NO2Si2.C13H30O2Si2.C6H15N/c1-17(2)20(18(3)4)15-19(21)16-22-11-10-12-24(8,9)14-13-23(5,6)7;1-16(2,3)9-10-17(4,5)8-6-7-14-11-13-12-15-13;1-5(2)7-6(3)4/h17-19,21H,10-16H2,1-9H3;13H,6-12H2,1-5H3;5-7H,1-4H3. The van der Waals surface area contributed by atoms with Crippen LogP contribution in [-0.2, 0) is 14.2 Å². The molecule has 1 aliphatic rings. The monoisotopic (exact) mass is 751 g/mol. The molecule has 1 saturated heterocycles. The van der Waals surface area contributed by atoms with Gasteiger partial charge in [-0.2, -0.15) is 0 Å². The summed E-state index contributed by atoms with van der Waals surface area (Å²) in [5, 5.41) is 13.5. The quantitative estimate of drug-likeness (QED) is 0.0582. The maximum absolute atomic E-state index is 10.2. The Morgan fingerprint density at radius 3 is 1.35 bits per heavy atom. The number of hydrogen-bond acceptors (Lipinski definition) is 6. The van der Waals surface area contributed by atoms with E-state index in [4.69, 9.17) is 14.2 Å². The minimum atomic E-state index is -1.06. The van der Waals surface area contributed by atoms with E-state index >= 15 is 0 Å². The molecule has 0 saturated carbocycles. The van der Waals surface area contributed by atoms with Gasteiger partial charge in [0.25, 0.3) is 0 Å². The van der Waals surface area contributed by atoms with Crippen molar-refractivity contribution < 1.29 is 19.3 Å². The van der Waals surface area contributed by atoms with E-state index in [2.05, 4.69) is 131 Å². The summed E-state index contributed by atoms with van der Waals surface area (Å²) in [7, 11) is -3.76. The molecule has 1 heterocycles. The summed E-state index contributed by atoms with van der Waals surface area (Å²) in [6, 6.07) is 10.9. The number of ether oxygens (including phenoxy) is 3. The summed E-state index contributed by atoms with van der Waals surface area (Å²) in [6.45, 7) is 46.9. The highest BCUT2D eigenvalue weighted by atomic mass is 28.3. The van der Waals surface area contributed by atoms with Crippen LogP contribution < -0.4 is 5.32 Å². The first-order valence-corrected chi connectivity index (χ1v) is 34.0. The number of aliphatic hydroxyl groups excluding tert-OH is 1. The SMILES string of the molecule is CC(C)N(CC(O)COCCC[Si](C)(C)CC[Si](C)(C)C)C(C)C.CC(C)NC(C)C.C[Si](C)(C)CC[Si](C)(C)CCCOCC1CO1. The molecule has 2 N–H and O–H groups in total. The molecule has 0 aromatic heterocycles. The molecule has 1 fully saturated rings. The summed E-state index contributed by atoms with van der Waals surface area (Å²) in [5.41, 5.74) is 0. The fourth-order valence-electron chi connectivity index (χ4n) is 5.56. The second-order valence-corrected chi connectivity index (χ2v) is 41.7. The highest BCUT2D eigenvalue weighted by Gasteiger charge is 2.26. The largest absolute Gasteiger partial charge is 0.389 e. The van der Waals surface area contributed by atoms with Crippen molar-refractivity contribution in [3.8, 4) is 0 Å². The van der Waals surface area contributed by atoms with Gasteiger partial charge in [0.2, 0.25) is 0 Å². The number of nitrogens with zero attached hydrogens (tertiary/aromatic N) is 1. The minimum absolute atomic E-state index is 0.382. The van der Waals surface area contributed by atoms with E-state index in [1.807, 2.05) is 0 Å². The van der Waals surface area contributed by atoms with Crippen molar-refractivity contribution in [3.63, 3.8) is 0 Å². The zero-order valence-electron chi connectivity index (χ0n) is 36.0. The predicted octanol–water partition coefficient (Wildman–Crippen LogP) is 10.2. The van der Waals surface area contributed by atoms with Crippen LogP contribution in [0, 0.1) is 0 Å². The summed E-state index contributed by atoms with van der Waals surface area (Å²) in [6.07, 6.45) is 2.44. The van der Waals surface area contributed by atoms with Crippen LogP contribution in [0.4, 0.5) is 0 Å². The van der Waals surface area contributed by atoms with Crippen LogP contribution in [-0.4, -0.2) is 118 Å². The zero-order valence-corrected chi connectivity index (χ0v) is 40.0. The van der Waals surface area contributed by atoms with Crippen molar-refractivity contribution in [3.05, 3.63) is 0 Å². The molecule has 10 heteroatoms. The average molecular weight is 751 g/mol. The molecule has 0 aromatic rings. The van der Waals surface area contributed by atoms with Crippen LogP contribution in [0.2, 0.25) is 102 Å². The van der Waals surface area contributed by atoms with Gasteiger partial charge in [-0.1, -0.05) is 129 Å². The van der Waals surface area contributed by atoms with Crippen molar-refractivity contribution in [2.24, 2.45) is 0 Å². The summed E-state index contributed by atoms with van der Waals surface area (Å²) in [5.74, 6) is 0. The van der Waals surface area contributed by atoms with Gasteiger partial charge in [-0.05, 0) is 40.5 Å². The van der Waals surface area contributed by atoms with E-state index in [0.29, 0.717) is 43.4 Å². The Morgan fingerprint density at radius 2 is 1.04 bits per heavy atom. The fraction of sp³-hybridized carbons (Fsp3) is 1.00. The molecule has 0 spiro atoms. The fourth-order valence-corrected chi connectivity index (χ4v) is 19.7. The number of epoxide rings is 1. The van der Waals surface area contributed by atoms with Crippen molar-refractivity contribution in [1.29, 1.82) is 0 Å². The lowest BCUT2D eigenvalue weighted by molar-refractivity contribution is 0.00432. The number of hydrogen-bond donors (Lipinski definition) is 2. The molecular formula is C38H90N2O4Si4. The second kappa shape index (κ2) is 25.6. The van der Waals surface area contributed by atoms with Crippen LogP contribution in [0.15, 0.2) is 0 Å². The summed E-state index contributed by atoms with van der Waals surface area (Å²) >= 11 is 0. The molecule has 0 bridgehead atoms. The number of nitrogens with one attached hydrogen (secondary N) is 1. The first-order chi connectivity index (χ1) is 21.8. The number of aliphatic hydroxyl groups is 1.